The van der Waals surface area contributed by atoms with Crippen molar-refractivity contribution in [3.05, 3.63) is 114 Å². The Bertz CT molecular complexity index is 2670. The number of anilines is 1. The first-order valence-electron chi connectivity index (χ1n) is 25.0. The van der Waals surface area contributed by atoms with Crippen molar-refractivity contribution in [2.45, 2.75) is 88.5 Å². The number of carbonyl (C=O) groups excluding carboxylic acids is 5. The maximum Gasteiger partial charge on any atom is 0.243 e. The minimum absolute atomic E-state index is 0.00655. The van der Waals surface area contributed by atoms with Gasteiger partial charge in [-0.15, -0.1) is 0 Å². The minimum Gasteiger partial charge on any atom is -0.508 e. The number of unbranched alkanes of at least 4 members (excludes halogenated alkanes) is 1. The van der Waals surface area contributed by atoms with Crippen LogP contribution in [0.5, 0.6) is 11.5 Å². The fourth-order valence-electron chi connectivity index (χ4n) is 9.38. The average Bonchev–Trinajstić information content (AvgIpc) is 3.79. The van der Waals surface area contributed by atoms with Gasteiger partial charge in [-0.3, -0.25) is 34.3 Å². The number of benzene rings is 4. The number of carbonyl (C=O) groups is 5. The summed E-state index contributed by atoms with van der Waals surface area (Å²) in [6, 6.07) is 23.7. The second kappa shape index (κ2) is 26.3. The van der Waals surface area contributed by atoms with Crippen LogP contribution in [0, 0.1) is 11.3 Å². The number of para-hydroxylation sites is 1. The number of nitrogens with two attached hydrogens (primary N) is 2. The molecule has 1 aromatic heterocycles. The zero-order valence-electron chi connectivity index (χ0n) is 41.3. The van der Waals surface area contributed by atoms with Crippen LogP contribution in [0.25, 0.3) is 22.0 Å². The third-order valence-electron chi connectivity index (χ3n) is 13.4. The second-order valence-corrected chi connectivity index (χ2v) is 18.8. The lowest BCUT2D eigenvalue weighted by molar-refractivity contribution is -0.134. The Kier molecular flexibility index (Phi) is 19.2. The van der Waals surface area contributed by atoms with E-state index < -0.39 is 47.7 Å². The van der Waals surface area contributed by atoms with Crippen LogP contribution in [0.4, 0.5) is 5.69 Å². The predicted octanol–water partition coefficient (Wildman–Crippen LogP) is 3.55. The number of hydrogen-bond donors (Lipinski definition) is 11. The fourth-order valence-corrected chi connectivity index (χ4v) is 9.38. The van der Waals surface area contributed by atoms with Gasteiger partial charge in [-0.05, 0) is 97.2 Å². The second-order valence-electron chi connectivity index (χ2n) is 18.8. The van der Waals surface area contributed by atoms with Crippen molar-refractivity contribution in [2.75, 3.05) is 51.8 Å². The van der Waals surface area contributed by atoms with E-state index in [4.69, 9.17) is 26.4 Å². The highest BCUT2D eigenvalue weighted by atomic mass is 16.5. The lowest BCUT2D eigenvalue weighted by Gasteiger charge is -2.29. The van der Waals surface area contributed by atoms with Gasteiger partial charge in [0.05, 0.1) is 26.9 Å². The predicted molar refractivity (Wildman–Crippen MR) is 279 cm³/mol. The number of guanidine groups is 1. The normalized spacial score (nSPS) is 17.1. The molecule has 0 bridgehead atoms. The smallest absolute Gasteiger partial charge is 0.243 e. The Morgan fingerprint density at radius 1 is 0.836 bits per heavy atom. The SMILES string of the molecule is COc1ccccc1-c1ccc(CC(NC(=O)C(Cc2c[nH]c3ccc(O)cc23)NC(=O)C2CCCC(N)C2)C(=O)NC(CCCCNC(=N)N)C(=O)NCC(=O)Nc2ccc(CN3CCOCC3)cc2)cc1. The Morgan fingerprint density at radius 3 is 2.27 bits per heavy atom. The number of aromatic amines is 1. The number of methoxy groups -OCH3 is 1. The lowest BCUT2D eigenvalue weighted by atomic mass is 9.85. The molecule has 19 heteroatoms. The van der Waals surface area contributed by atoms with Crippen molar-refractivity contribution < 1.29 is 38.6 Å². The van der Waals surface area contributed by atoms with Crippen LogP contribution in [0.1, 0.15) is 61.6 Å². The van der Waals surface area contributed by atoms with Crippen molar-refractivity contribution in [3.63, 3.8) is 0 Å². The highest BCUT2D eigenvalue weighted by Gasteiger charge is 2.33. The summed E-state index contributed by atoms with van der Waals surface area (Å²) in [7, 11) is 1.60. The molecule has 19 nitrogen and oxygen atoms in total. The third-order valence-corrected chi connectivity index (χ3v) is 13.4. The summed E-state index contributed by atoms with van der Waals surface area (Å²) >= 11 is 0. The first-order valence-corrected chi connectivity index (χ1v) is 25.0. The molecule has 4 aromatic carbocycles. The van der Waals surface area contributed by atoms with E-state index in [1.165, 1.54) is 0 Å². The number of phenols is 1. The molecule has 2 heterocycles. The summed E-state index contributed by atoms with van der Waals surface area (Å²) in [5.41, 5.74) is 17.2. The quantitative estimate of drug-likeness (QED) is 0.0255. The van der Waals surface area contributed by atoms with E-state index in [0.29, 0.717) is 73.4 Å². The van der Waals surface area contributed by atoms with Crippen LogP contribution in [-0.2, 0) is 48.1 Å². The summed E-state index contributed by atoms with van der Waals surface area (Å²) in [6.45, 7) is 3.81. The number of phenolic OH excluding ortho intramolecular Hbond substituents is 1. The van der Waals surface area contributed by atoms with E-state index in [1.54, 1.807) is 43.6 Å². The molecule has 2 aliphatic rings. The van der Waals surface area contributed by atoms with Crippen LogP contribution in [-0.4, -0.2) is 121 Å². The molecule has 1 aliphatic carbocycles. The molecule has 0 spiro atoms. The number of aromatic nitrogens is 1. The molecule has 5 aromatic rings. The van der Waals surface area contributed by atoms with E-state index in [1.807, 2.05) is 60.7 Å². The number of rotatable bonds is 23. The Balaban J connectivity index is 1.11. The Labute approximate surface area is 425 Å². The highest BCUT2D eigenvalue weighted by Crippen LogP contribution is 2.30. The highest BCUT2D eigenvalue weighted by molar-refractivity contribution is 5.98. The first-order chi connectivity index (χ1) is 35.3. The van der Waals surface area contributed by atoms with Gasteiger partial charge in [0, 0.05) is 79.3 Å². The van der Waals surface area contributed by atoms with E-state index >= 15 is 0 Å². The maximum absolute atomic E-state index is 14.8. The van der Waals surface area contributed by atoms with Gasteiger partial charge >= 0.3 is 0 Å². The van der Waals surface area contributed by atoms with Gasteiger partial charge in [0.1, 0.15) is 29.6 Å². The molecule has 5 unspecified atom stereocenters. The van der Waals surface area contributed by atoms with Gasteiger partial charge in [0.15, 0.2) is 5.96 Å². The van der Waals surface area contributed by atoms with Gasteiger partial charge in [0.25, 0.3) is 0 Å². The van der Waals surface area contributed by atoms with Gasteiger partial charge in [0.2, 0.25) is 29.5 Å². The Morgan fingerprint density at radius 2 is 1.55 bits per heavy atom. The average molecular weight is 1000 g/mol. The van der Waals surface area contributed by atoms with Crippen molar-refractivity contribution in [2.24, 2.45) is 17.4 Å². The maximum atomic E-state index is 14.8. The van der Waals surface area contributed by atoms with E-state index in [0.717, 1.165) is 54.7 Å². The molecule has 5 atom stereocenters. The number of amides is 5. The van der Waals surface area contributed by atoms with Gasteiger partial charge < -0.3 is 62.9 Å². The number of nitrogens with one attached hydrogen (secondary N) is 8. The number of fused-ring (bicyclic) bond motifs is 1. The van der Waals surface area contributed by atoms with E-state index in [-0.39, 0.29) is 49.5 Å². The third kappa shape index (κ3) is 15.8. The molecule has 1 saturated heterocycles. The molecule has 0 radical (unpaired) electrons. The number of aromatic hydroxyl groups is 1. The molecule has 388 valence electrons. The summed E-state index contributed by atoms with van der Waals surface area (Å²) < 4.78 is 11.0. The van der Waals surface area contributed by atoms with Crippen molar-refractivity contribution in [1.82, 2.24) is 36.5 Å². The summed E-state index contributed by atoms with van der Waals surface area (Å²) in [4.78, 5) is 76.1. The van der Waals surface area contributed by atoms with Crippen LogP contribution in [0.15, 0.2) is 97.2 Å². The number of morpholine rings is 1. The zero-order valence-corrected chi connectivity index (χ0v) is 41.3. The summed E-state index contributed by atoms with van der Waals surface area (Å²) in [5.74, 6) is -2.63. The lowest BCUT2D eigenvalue weighted by Crippen LogP contribution is -2.58. The van der Waals surface area contributed by atoms with Crippen molar-refractivity contribution in [1.29, 1.82) is 5.41 Å². The molecule has 1 aliphatic heterocycles. The van der Waals surface area contributed by atoms with Crippen molar-refractivity contribution >= 4 is 52.1 Å². The minimum atomic E-state index is -1.26. The number of nitrogens with zero attached hydrogens (tertiary/aromatic N) is 1. The molecule has 5 amide bonds. The van der Waals surface area contributed by atoms with Gasteiger partial charge in [-0.2, -0.15) is 0 Å². The van der Waals surface area contributed by atoms with Crippen LogP contribution < -0.4 is 48.1 Å². The molecule has 1 saturated carbocycles. The van der Waals surface area contributed by atoms with Crippen LogP contribution in [0.2, 0.25) is 0 Å². The van der Waals surface area contributed by atoms with E-state index in [9.17, 15) is 29.1 Å². The molecule has 7 rings (SSSR count). The van der Waals surface area contributed by atoms with E-state index in [2.05, 4.69) is 41.8 Å². The fraction of sp³-hybridized carbons (Fsp3) is 0.407. The molecular formula is C54H69N11O8. The summed E-state index contributed by atoms with van der Waals surface area (Å²) in [6.07, 6.45) is 5.45. The summed E-state index contributed by atoms with van der Waals surface area (Å²) in [5, 5.41) is 35.6. The first kappa shape index (κ1) is 53.3. The van der Waals surface area contributed by atoms with Crippen LogP contribution in [0.3, 0.4) is 0 Å². The van der Waals surface area contributed by atoms with Gasteiger partial charge in [-0.1, -0.05) is 61.0 Å². The van der Waals surface area contributed by atoms with Crippen LogP contribution >= 0.6 is 0 Å². The zero-order chi connectivity index (χ0) is 51.7. The monoisotopic (exact) mass is 1000 g/mol. The van der Waals surface area contributed by atoms with Crippen molar-refractivity contribution in [3.8, 4) is 22.6 Å². The topological polar surface area (TPSA) is 291 Å². The number of ether oxygens (including phenoxy) is 2. The number of hydrogen-bond acceptors (Lipinski definition) is 11. The molecular weight excluding hydrogens is 931 g/mol. The number of H-pyrrole nitrogens is 1. The molecule has 73 heavy (non-hydrogen) atoms. The molecule has 13 N–H and O–H groups in total. The Hall–Kier alpha value is -7.48. The van der Waals surface area contributed by atoms with Gasteiger partial charge in [-0.25, -0.2) is 0 Å². The standard InChI is InChI=1S/C54H69N11O8/c1-72-48-11-3-2-9-42(48)36-16-12-34(13-17-36)27-46(64-53(71)47(63-50(68)37-7-6-8-39(55)28-37)29-38-31-59-44-21-20-41(66)30-43(38)44)52(70)62-45(10-4-5-22-58-54(56)57)51(69)60-32-49(67)61-40-18-14-35(15-19-40)33-65-23-25-73-26-24-65/h2-3,9,11-21,30-31,37,39,45-47,59,66H,4-8,10,22-29,32-33,55H2,1H3,(H,60,69)(H,61,67)(H,62,70)(H,63,68)(H,64,71)(H4,56,57,58). The molecule has 2 fully saturated rings. The largest absolute Gasteiger partial charge is 0.508 e.